The molecule has 0 aliphatic carbocycles. The van der Waals surface area contributed by atoms with E-state index in [0.717, 1.165) is 6.42 Å². The molecule has 0 saturated carbocycles. The fourth-order valence-corrected chi connectivity index (χ4v) is 2.42. The Morgan fingerprint density at radius 2 is 1.47 bits per heavy atom. The minimum absolute atomic E-state index is 0.940. The molecule has 86 valence electrons. The average Bonchev–Trinajstić information content (AvgIpc) is 2.35. The van der Waals surface area contributed by atoms with E-state index in [0.29, 0.717) is 0 Å². The summed E-state index contributed by atoms with van der Waals surface area (Å²) in [6.07, 6.45) is 2.87. The molecule has 0 aliphatic heterocycles. The molecule has 2 aromatic rings. The highest BCUT2D eigenvalue weighted by Gasteiger charge is 1.97. The molecule has 1 heteroatoms. The Morgan fingerprint density at radius 3 is 2.00 bits per heavy atom. The van der Waals surface area contributed by atoms with E-state index in [1.54, 1.807) is 11.8 Å². The maximum Gasteiger partial charge on any atom is 0.0122 e. The second-order valence-electron chi connectivity index (χ2n) is 4.05. The molecule has 0 aromatic heterocycles. The Bertz CT molecular complexity index is 480. The summed E-state index contributed by atoms with van der Waals surface area (Å²) in [5.41, 5.74) is 2.61. The van der Waals surface area contributed by atoms with E-state index < -0.39 is 0 Å². The Kier molecular flexibility index (Phi) is 4.05. The van der Waals surface area contributed by atoms with E-state index in [1.807, 2.05) is 6.08 Å². The first-order valence-corrected chi connectivity index (χ1v) is 6.54. The molecule has 0 spiro atoms. The summed E-state index contributed by atoms with van der Waals surface area (Å²) in [4.78, 5) is 2.56. The Labute approximate surface area is 107 Å². The van der Waals surface area contributed by atoms with Gasteiger partial charge in [0, 0.05) is 9.79 Å². The highest BCUT2D eigenvalue weighted by atomic mass is 32.2. The molecular weight excluding hydrogens is 224 g/mol. The largest absolute Gasteiger partial charge is 0.103 e. The molecule has 0 aliphatic rings. The SMILES string of the molecule is C=CCc1ccc(Sc2ccc(C)cc2)cc1. The predicted octanol–water partition coefficient (Wildman–Crippen LogP) is 4.87. The van der Waals surface area contributed by atoms with Gasteiger partial charge < -0.3 is 0 Å². The van der Waals surface area contributed by atoms with Crippen LogP contribution >= 0.6 is 11.8 Å². The molecule has 0 radical (unpaired) electrons. The van der Waals surface area contributed by atoms with Crippen LogP contribution in [0.25, 0.3) is 0 Å². The Morgan fingerprint density at radius 1 is 0.941 bits per heavy atom. The van der Waals surface area contributed by atoms with Gasteiger partial charge in [-0.15, -0.1) is 6.58 Å². The Hall–Kier alpha value is -1.47. The van der Waals surface area contributed by atoms with Crippen LogP contribution in [0.5, 0.6) is 0 Å². The van der Waals surface area contributed by atoms with E-state index in [-0.39, 0.29) is 0 Å². The lowest BCUT2D eigenvalue weighted by Gasteiger charge is -2.03. The first kappa shape index (κ1) is 12.0. The quantitative estimate of drug-likeness (QED) is 0.687. The molecule has 0 fully saturated rings. The number of allylic oxidation sites excluding steroid dienone is 1. The third-order valence-electron chi connectivity index (χ3n) is 2.56. The summed E-state index contributed by atoms with van der Waals surface area (Å²) in [6, 6.07) is 17.3. The van der Waals surface area contributed by atoms with Gasteiger partial charge in [-0.3, -0.25) is 0 Å². The molecule has 2 aromatic carbocycles. The zero-order valence-electron chi connectivity index (χ0n) is 10.0. The molecule has 0 heterocycles. The van der Waals surface area contributed by atoms with Gasteiger partial charge >= 0.3 is 0 Å². The van der Waals surface area contributed by atoms with Crippen LogP contribution in [-0.4, -0.2) is 0 Å². The van der Waals surface area contributed by atoms with Crippen LogP contribution in [0.15, 0.2) is 71.0 Å². The molecule has 0 saturated heterocycles. The summed E-state index contributed by atoms with van der Waals surface area (Å²) < 4.78 is 0. The summed E-state index contributed by atoms with van der Waals surface area (Å²) in [5.74, 6) is 0. The van der Waals surface area contributed by atoms with Crippen molar-refractivity contribution in [1.29, 1.82) is 0 Å². The number of hydrogen-bond donors (Lipinski definition) is 0. The molecule has 0 atom stereocenters. The van der Waals surface area contributed by atoms with Crippen molar-refractivity contribution in [2.24, 2.45) is 0 Å². The number of hydrogen-bond acceptors (Lipinski definition) is 1. The van der Waals surface area contributed by atoms with E-state index >= 15 is 0 Å². The molecule has 0 bridgehead atoms. The van der Waals surface area contributed by atoms with Crippen LogP contribution < -0.4 is 0 Å². The molecule has 0 N–H and O–H groups in total. The maximum atomic E-state index is 3.75. The van der Waals surface area contributed by atoms with Crippen LogP contribution in [0.1, 0.15) is 11.1 Å². The maximum absolute atomic E-state index is 3.75. The van der Waals surface area contributed by atoms with Gasteiger partial charge in [-0.25, -0.2) is 0 Å². The van der Waals surface area contributed by atoms with Crippen LogP contribution in [0.2, 0.25) is 0 Å². The van der Waals surface area contributed by atoms with E-state index in [4.69, 9.17) is 0 Å². The van der Waals surface area contributed by atoms with Gasteiger partial charge in [-0.05, 0) is 43.2 Å². The van der Waals surface area contributed by atoms with Crippen LogP contribution in [0.4, 0.5) is 0 Å². The van der Waals surface area contributed by atoms with Crippen molar-refractivity contribution < 1.29 is 0 Å². The van der Waals surface area contributed by atoms with Crippen molar-refractivity contribution in [2.75, 3.05) is 0 Å². The van der Waals surface area contributed by atoms with Gasteiger partial charge in [0.05, 0.1) is 0 Å². The Balaban J connectivity index is 2.08. The second-order valence-corrected chi connectivity index (χ2v) is 5.20. The lowest BCUT2D eigenvalue weighted by molar-refractivity contribution is 1.25. The zero-order chi connectivity index (χ0) is 12.1. The normalized spacial score (nSPS) is 10.2. The fraction of sp³-hybridized carbons (Fsp3) is 0.125. The zero-order valence-corrected chi connectivity index (χ0v) is 10.8. The summed E-state index contributed by atoms with van der Waals surface area (Å²) in [7, 11) is 0. The first-order chi connectivity index (χ1) is 8.28. The minimum Gasteiger partial charge on any atom is -0.103 e. The van der Waals surface area contributed by atoms with Crippen LogP contribution in [0.3, 0.4) is 0 Å². The van der Waals surface area contributed by atoms with Gasteiger partial charge in [0.1, 0.15) is 0 Å². The van der Waals surface area contributed by atoms with Crippen LogP contribution in [0, 0.1) is 6.92 Å². The fourth-order valence-electron chi connectivity index (χ4n) is 1.60. The van der Waals surface area contributed by atoms with Gasteiger partial charge in [0.25, 0.3) is 0 Å². The monoisotopic (exact) mass is 240 g/mol. The highest BCUT2D eigenvalue weighted by molar-refractivity contribution is 7.99. The molecule has 0 nitrogen and oxygen atoms in total. The lowest BCUT2D eigenvalue weighted by Crippen LogP contribution is -1.80. The lowest BCUT2D eigenvalue weighted by atomic mass is 10.2. The van der Waals surface area contributed by atoms with Gasteiger partial charge in [-0.1, -0.05) is 47.7 Å². The smallest absolute Gasteiger partial charge is 0.0122 e. The van der Waals surface area contributed by atoms with Crippen molar-refractivity contribution in [2.45, 2.75) is 23.1 Å². The molecule has 2 rings (SSSR count). The standard InChI is InChI=1S/C16H16S/c1-3-4-14-7-11-16(12-8-14)17-15-9-5-13(2)6-10-15/h3,5-12H,1,4H2,2H3. The molecular formula is C16H16S. The third kappa shape index (κ3) is 3.50. The van der Waals surface area contributed by atoms with Crippen molar-refractivity contribution >= 4 is 11.8 Å². The van der Waals surface area contributed by atoms with E-state index in [1.165, 1.54) is 20.9 Å². The minimum atomic E-state index is 0.940. The molecule has 0 unspecified atom stereocenters. The molecule has 17 heavy (non-hydrogen) atoms. The van der Waals surface area contributed by atoms with Crippen molar-refractivity contribution in [1.82, 2.24) is 0 Å². The number of rotatable bonds is 4. The number of benzene rings is 2. The first-order valence-electron chi connectivity index (χ1n) is 5.72. The van der Waals surface area contributed by atoms with Crippen molar-refractivity contribution in [3.8, 4) is 0 Å². The topological polar surface area (TPSA) is 0 Å². The average molecular weight is 240 g/mol. The van der Waals surface area contributed by atoms with Crippen molar-refractivity contribution in [3.05, 3.63) is 72.3 Å². The summed E-state index contributed by atoms with van der Waals surface area (Å²) in [5, 5.41) is 0. The van der Waals surface area contributed by atoms with E-state index in [9.17, 15) is 0 Å². The van der Waals surface area contributed by atoms with Gasteiger partial charge in [0.2, 0.25) is 0 Å². The van der Waals surface area contributed by atoms with Crippen molar-refractivity contribution in [3.63, 3.8) is 0 Å². The number of aryl methyl sites for hydroxylation is 1. The predicted molar refractivity (Wildman–Crippen MR) is 75.6 cm³/mol. The van der Waals surface area contributed by atoms with Gasteiger partial charge in [0.15, 0.2) is 0 Å². The highest BCUT2D eigenvalue weighted by Crippen LogP contribution is 2.27. The van der Waals surface area contributed by atoms with Gasteiger partial charge in [-0.2, -0.15) is 0 Å². The summed E-state index contributed by atoms with van der Waals surface area (Å²) >= 11 is 1.80. The second kappa shape index (κ2) is 5.74. The van der Waals surface area contributed by atoms with E-state index in [2.05, 4.69) is 62.0 Å². The molecule has 0 amide bonds. The summed E-state index contributed by atoms with van der Waals surface area (Å²) in [6.45, 7) is 5.86. The van der Waals surface area contributed by atoms with Crippen LogP contribution in [-0.2, 0) is 6.42 Å². The third-order valence-corrected chi connectivity index (χ3v) is 3.58.